The molecule has 0 saturated heterocycles. The number of hydrogen-bond donors (Lipinski definition) is 2. The third-order valence-corrected chi connectivity index (χ3v) is 2.76. The predicted octanol–water partition coefficient (Wildman–Crippen LogP) is 2.60. The van der Waals surface area contributed by atoms with Gasteiger partial charge in [-0.15, -0.1) is 0 Å². The van der Waals surface area contributed by atoms with Crippen molar-refractivity contribution < 1.29 is 14.1 Å². The smallest absolute Gasteiger partial charge is 0.314 e. The Kier molecular flexibility index (Phi) is 4.13. The van der Waals surface area contributed by atoms with Gasteiger partial charge in [0.05, 0.1) is 4.92 Å². The van der Waals surface area contributed by atoms with E-state index in [0.717, 1.165) is 6.07 Å². The zero-order chi connectivity index (χ0) is 15.4. The molecule has 21 heavy (non-hydrogen) atoms. The second-order valence-corrected chi connectivity index (χ2v) is 4.25. The molecule has 108 valence electrons. The Hall–Kier alpha value is -2.96. The third kappa shape index (κ3) is 3.33. The van der Waals surface area contributed by atoms with Crippen molar-refractivity contribution in [3.63, 3.8) is 0 Å². The van der Waals surface area contributed by atoms with E-state index in [9.17, 15) is 14.5 Å². The molecule has 0 aliphatic heterocycles. The van der Waals surface area contributed by atoms with Gasteiger partial charge < -0.3 is 10.5 Å². The van der Waals surface area contributed by atoms with Crippen LogP contribution in [0.2, 0.25) is 0 Å². The maximum absolute atomic E-state index is 13.6. The minimum atomic E-state index is -0.799. The molecule has 0 heterocycles. The standard InChI is InChI=1S/C14H12FN3O3/c15-11-5-2-6-12(18(19)20)13(11)21-8-9-3-1-4-10(7-9)14(16)17/h1-7H,8H2,(H3,16,17). The van der Waals surface area contributed by atoms with Crippen molar-refractivity contribution in [3.05, 3.63) is 69.5 Å². The predicted molar refractivity (Wildman–Crippen MR) is 74.8 cm³/mol. The van der Waals surface area contributed by atoms with Crippen molar-refractivity contribution in [2.75, 3.05) is 0 Å². The number of nitrogens with zero attached hydrogens (tertiary/aromatic N) is 1. The van der Waals surface area contributed by atoms with Gasteiger partial charge in [-0.25, -0.2) is 4.39 Å². The molecule has 0 aliphatic rings. The molecule has 0 fully saturated rings. The van der Waals surface area contributed by atoms with Crippen molar-refractivity contribution >= 4 is 11.5 Å². The van der Waals surface area contributed by atoms with Crippen molar-refractivity contribution in [1.82, 2.24) is 0 Å². The summed E-state index contributed by atoms with van der Waals surface area (Å²) in [6.45, 7) is -0.0666. The first-order valence-corrected chi connectivity index (χ1v) is 5.98. The minimum Gasteiger partial charge on any atom is -0.480 e. The highest BCUT2D eigenvalue weighted by Gasteiger charge is 2.19. The Morgan fingerprint density at radius 1 is 1.33 bits per heavy atom. The van der Waals surface area contributed by atoms with Gasteiger partial charge in [0.25, 0.3) is 0 Å². The quantitative estimate of drug-likeness (QED) is 0.382. The molecule has 0 aliphatic carbocycles. The molecule has 0 spiro atoms. The van der Waals surface area contributed by atoms with Crippen LogP contribution in [0.4, 0.5) is 10.1 Å². The average Bonchev–Trinajstić information content (AvgIpc) is 2.46. The summed E-state index contributed by atoms with van der Waals surface area (Å²) in [5.41, 5.74) is 6.06. The lowest BCUT2D eigenvalue weighted by Gasteiger charge is -2.08. The number of amidine groups is 1. The van der Waals surface area contributed by atoms with E-state index < -0.39 is 22.2 Å². The molecule has 0 radical (unpaired) electrons. The van der Waals surface area contributed by atoms with Gasteiger partial charge in [-0.05, 0) is 17.7 Å². The van der Waals surface area contributed by atoms with E-state index in [1.54, 1.807) is 24.3 Å². The molecule has 6 nitrogen and oxygen atoms in total. The molecule has 3 N–H and O–H groups in total. The highest BCUT2D eigenvalue weighted by atomic mass is 19.1. The summed E-state index contributed by atoms with van der Waals surface area (Å²) in [6.07, 6.45) is 0. The van der Waals surface area contributed by atoms with Gasteiger partial charge in [0, 0.05) is 11.6 Å². The van der Waals surface area contributed by atoms with Crippen LogP contribution in [-0.2, 0) is 6.61 Å². The Bertz CT molecular complexity index is 704. The molecule has 2 aromatic rings. The minimum absolute atomic E-state index is 0.0666. The molecule has 0 atom stereocenters. The van der Waals surface area contributed by atoms with Gasteiger partial charge in [0.2, 0.25) is 5.75 Å². The third-order valence-electron chi connectivity index (χ3n) is 2.76. The van der Waals surface area contributed by atoms with Crippen LogP contribution < -0.4 is 10.5 Å². The molecular formula is C14H12FN3O3. The maximum Gasteiger partial charge on any atom is 0.314 e. The number of nitrogens with one attached hydrogen (secondary N) is 1. The second-order valence-electron chi connectivity index (χ2n) is 4.25. The first kappa shape index (κ1) is 14.4. The van der Waals surface area contributed by atoms with Gasteiger partial charge in [0.1, 0.15) is 12.4 Å². The fraction of sp³-hybridized carbons (Fsp3) is 0.0714. The number of nitrogen functional groups attached to an aromatic ring is 1. The van der Waals surface area contributed by atoms with E-state index >= 15 is 0 Å². The van der Waals surface area contributed by atoms with E-state index in [0.29, 0.717) is 11.1 Å². The number of ether oxygens (including phenoxy) is 1. The van der Waals surface area contributed by atoms with E-state index in [2.05, 4.69) is 0 Å². The lowest BCUT2D eigenvalue weighted by Crippen LogP contribution is -2.11. The molecule has 2 rings (SSSR count). The summed E-state index contributed by atoms with van der Waals surface area (Å²) in [4.78, 5) is 10.1. The second kappa shape index (κ2) is 6.00. The van der Waals surface area contributed by atoms with Crippen LogP contribution in [0.5, 0.6) is 5.75 Å². The molecule has 7 heteroatoms. The number of nitro benzene ring substituents is 1. The van der Waals surface area contributed by atoms with Crippen molar-refractivity contribution in [2.45, 2.75) is 6.61 Å². The number of para-hydroxylation sites is 1. The maximum atomic E-state index is 13.6. The lowest BCUT2D eigenvalue weighted by molar-refractivity contribution is -0.386. The molecule has 0 amide bonds. The number of hydrogen-bond acceptors (Lipinski definition) is 4. The van der Waals surface area contributed by atoms with Crippen LogP contribution in [0, 0.1) is 21.3 Å². The zero-order valence-electron chi connectivity index (χ0n) is 10.9. The Labute approximate surface area is 119 Å². The van der Waals surface area contributed by atoms with Crippen molar-refractivity contribution in [2.24, 2.45) is 5.73 Å². The Morgan fingerprint density at radius 2 is 2.05 bits per heavy atom. The molecule has 0 aromatic heterocycles. The van der Waals surface area contributed by atoms with Crippen LogP contribution in [0.25, 0.3) is 0 Å². The van der Waals surface area contributed by atoms with Crippen molar-refractivity contribution in [3.8, 4) is 5.75 Å². The zero-order valence-corrected chi connectivity index (χ0v) is 10.9. The summed E-state index contributed by atoms with van der Waals surface area (Å²) in [7, 11) is 0. The summed E-state index contributed by atoms with van der Waals surface area (Å²) in [5, 5.41) is 18.2. The van der Waals surface area contributed by atoms with Gasteiger partial charge >= 0.3 is 5.69 Å². The van der Waals surface area contributed by atoms with Gasteiger partial charge in [0.15, 0.2) is 5.82 Å². The topological polar surface area (TPSA) is 102 Å². The fourth-order valence-electron chi connectivity index (χ4n) is 1.77. The van der Waals surface area contributed by atoms with Crippen LogP contribution in [0.15, 0.2) is 42.5 Å². The summed E-state index contributed by atoms with van der Waals surface area (Å²) < 4.78 is 18.9. The van der Waals surface area contributed by atoms with Crippen LogP contribution in [0.1, 0.15) is 11.1 Å². The largest absolute Gasteiger partial charge is 0.480 e. The number of halogens is 1. The number of benzene rings is 2. The summed E-state index contributed by atoms with van der Waals surface area (Å²) in [6, 6.07) is 10.1. The normalized spacial score (nSPS) is 10.1. The van der Waals surface area contributed by atoms with Crippen molar-refractivity contribution in [1.29, 1.82) is 5.41 Å². The number of nitro groups is 1. The first-order valence-electron chi connectivity index (χ1n) is 5.98. The first-order chi connectivity index (χ1) is 9.99. The summed E-state index contributed by atoms with van der Waals surface area (Å²) in [5.74, 6) is -1.31. The number of rotatable bonds is 5. The Balaban J connectivity index is 2.22. The molecule has 0 saturated carbocycles. The summed E-state index contributed by atoms with van der Waals surface area (Å²) >= 11 is 0. The molecule has 2 aromatic carbocycles. The SMILES string of the molecule is N=C(N)c1cccc(COc2c(F)cccc2[N+](=O)[O-])c1. The van der Waals surface area contributed by atoms with E-state index in [1.807, 2.05) is 0 Å². The highest BCUT2D eigenvalue weighted by molar-refractivity contribution is 5.95. The fourth-order valence-corrected chi connectivity index (χ4v) is 1.77. The van der Waals surface area contributed by atoms with Gasteiger partial charge in [-0.3, -0.25) is 15.5 Å². The van der Waals surface area contributed by atoms with Crippen LogP contribution in [-0.4, -0.2) is 10.8 Å². The van der Waals surface area contributed by atoms with E-state index in [1.165, 1.54) is 12.1 Å². The van der Waals surface area contributed by atoms with E-state index in [4.69, 9.17) is 15.9 Å². The van der Waals surface area contributed by atoms with E-state index in [-0.39, 0.29) is 12.4 Å². The van der Waals surface area contributed by atoms with Gasteiger partial charge in [-0.1, -0.05) is 24.3 Å². The monoisotopic (exact) mass is 289 g/mol. The number of nitrogens with two attached hydrogens (primary N) is 1. The van der Waals surface area contributed by atoms with Gasteiger partial charge in [-0.2, -0.15) is 0 Å². The van der Waals surface area contributed by atoms with Crippen LogP contribution in [0.3, 0.4) is 0 Å². The average molecular weight is 289 g/mol. The highest BCUT2D eigenvalue weighted by Crippen LogP contribution is 2.30. The van der Waals surface area contributed by atoms with Crippen LogP contribution >= 0.6 is 0 Å². The molecule has 0 unspecified atom stereocenters. The molecule has 0 bridgehead atoms. The lowest BCUT2D eigenvalue weighted by atomic mass is 10.1. The Morgan fingerprint density at radius 3 is 2.71 bits per heavy atom. The molecular weight excluding hydrogens is 277 g/mol.